The summed E-state index contributed by atoms with van der Waals surface area (Å²) >= 11 is 5.83. The Morgan fingerprint density at radius 3 is 3.00 bits per heavy atom. The lowest BCUT2D eigenvalue weighted by molar-refractivity contribution is -0.137. The summed E-state index contributed by atoms with van der Waals surface area (Å²) in [4.78, 5) is 10.3. The van der Waals surface area contributed by atoms with Crippen LogP contribution in [0.25, 0.3) is 0 Å². The van der Waals surface area contributed by atoms with Crippen molar-refractivity contribution in [3.05, 3.63) is 16.9 Å². The lowest BCUT2D eigenvalue weighted by Crippen LogP contribution is -2.09. The standard InChI is InChI=1S/C8H11ClN2O2/c1-2-3-7-6(9)4-11(10-7)5-8(12)13/h4H,2-3,5H2,1H3,(H,12,13). The van der Waals surface area contributed by atoms with E-state index in [0.29, 0.717) is 5.02 Å². The largest absolute Gasteiger partial charge is 0.480 e. The van der Waals surface area contributed by atoms with Crippen LogP contribution in [0.3, 0.4) is 0 Å². The highest BCUT2D eigenvalue weighted by atomic mass is 35.5. The van der Waals surface area contributed by atoms with Crippen molar-refractivity contribution in [3.63, 3.8) is 0 Å². The number of carboxylic acid groups (broad SMARTS) is 1. The monoisotopic (exact) mass is 202 g/mol. The van der Waals surface area contributed by atoms with Crippen LogP contribution in [0, 0.1) is 0 Å². The third-order valence-electron chi connectivity index (χ3n) is 1.57. The second kappa shape index (κ2) is 4.28. The Balaban J connectivity index is 2.76. The van der Waals surface area contributed by atoms with Gasteiger partial charge in [-0.25, -0.2) is 0 Å². The molecule has 1 aromatic rings. The van der Waals surface area contributed by atoms with E-state index in [1.165, 1.54) is 4.68 Å². The highest BCUT2D eigenvalue weighted by molar-refractivity contribution is 6.31. The summed E-state index contributed by atoms with van der Waals surface area (Å²) in [6, 6.07) is 0. The minimum absolute atomic E-state index is 0.135. The van der Waals surface area contributed by atoms with Gasteiger partial charge in [0, 0.05) is 6.20 Å². The zero-order chi connectivity index (χ0) is 9.84. The van der Waals surface area contributed by atoms with Gasteiger partial charge in [-0.1, -0.05) is 24.9 Å². The Hall–Kier alpha value is -1.03. The Morgan fingerprint density at radius 1 is 1.77 bits per heavy atom. The second-order valence-electron chi connectivity index (χ2n) is 2.77. The quantitative estimate of drug-likeness (QED) is 0.807. The average molecular weight is 203 g/mol. The van der Waals surface area contributed by atoms with Gasteiger partial charge >= 0.3 is 5.97 Å². The van der Waals surface area contributed by atoms with Crippen molar-refractivity contribution < 1.29 is 9.90 Å². The summed E-state index contributed by atoms with van der Waals surface area (Å²) in [6.07, 6.45) is 3.27. The molecule has 0 aromatic carbocycles. The van der Waals surface area contributed by atoms with Crippen LogP contribution >= 0.6 is 11.6 Å². The van der Waals surface area contributed by atoms with E-state index < -0.39 is 5.97 Å². The fourth-order valence-electron chi connectivity index (χ4n) is 1.06. The van der Waals surface area contributed by atoms with Crippen molar-refractivity contribution in [2.24, 2.45) is 0 Å². The number of hydrogen-bond donors (Lipinski definition) is 1. The zero-order valence-electron chi connectivity index (χ0n) is 7.33. The summed E-state index contributed by atoms with van der Waals surface area (Å²) < 4.78 is 1.34. The molecule has 0 amide bonds. The van der Waals surface area contributed by atoms with E-state index >= 15 is 0 Å². The minimum atomic E-state index is -0.915. The van der Waals surface area contributed by atoms with E-state index in [1.807, 2.05) is 6.92 Å². The van der Waals surface area contributed by atoms with E-state index in [-0.39, 0.29) is 6.54 Å². The molecule has 4 nitrogen and oxygen atoms in total. The molecular formula is C8H11ClN2O2. The lowest BCUT2D eigenvalue weighted by Gasteiger charge is -1.94. The van der Waals surface area contributed by atoms with Crippen molar-refractivity contribution in [1.29, 1.82) is 0 Å². The third kappa shape index (κ3) is 2.73. The van der Waals surface area contributed by atoms with Crippen molar-refractivity contribution in [2.45, 2.75) is 26.3 Å². The molecule has 1 heterocycles. The molecule has 0 unspecified atom stereocenters. The first-order valence-corrected chi connectivity index (χ1v) is 4.45. The number of halogens is 1. The highest BCUT2D eigenvalue weighted by Gasteiger charge is 2.07. The number of aromatic nitrogens is 2. The van der Waals surface area contributed by atoms with Gasteiger partial charge in [-0.05, 0) is 6.42 Å². The summed E-state index contributed by atoms with van der Waals surface area (Å²) in [5, 5.41) is 13.1. The lowest BCUT2D eigenvalue weighted by atomic mass is 10.3. The molecule has 0 atom stereocenters. The van der Waals surface area contributed by atoms with Crippen LogP contribution in [0.2, 0.25) is 5.02 Å². The van der Waals surface area contributed by atoms with Crippen LogP contribution in [-0.2, 0) is 17.8 Å². The maximum atomic E-state index is 10.3. The van der Waals surface area contributed by atoms with E-state index in [2.05, 4.69) is 5.10 Å². The number of hydrogen-bond acceptors (Lipinski definition) is 2. The number of carbonyl (C=O) groups is 1. The summed E-state index contributed by atoms with van der Waals surface area (Å²) in [7, 11) is 0. The van der Waals surface area contributed by atoms with Crippen LogP contribution in [0.4, 0.5) is 0 Å². The SMILES string of the molecule is CCCc1nn(CC(=O)O)cc1Cl. The second-order valence-corrected chi connectivity index (χ2v) is 3.17. The smallest absolute Gasteiger partial charge is 0.325 e. The molecule has 0 aliphatic rings. The normalized spacial score (nSPS) is 10.3. The van der Waals surface area contributed by atoms with Crippen LogP contribution in [-0.4, -0.2) is 20.9 Å². The molecule has 1 rings (SSSR count). The number of aryl methyl sites for hydroxylation is 1. The molecule has 0 saturated carbocycles. The van der Waals surface area contributed by atoms with E-state index in [1.54, 1.807) is 6.20 Å². The zero-order valence-corrected chi connectivity index (χ0v) is 8.08. The van der Waals surface area contributed by atoms with Gasteiger partial charge in [0.2, 0.25) is 0 Å². The van der Waals surface area contributed by atoms with Crippen molar-refractivity contribution in [2.75, 3.05) is 0 Å². The Labute approximate surface area is 81.1 Å². The first-order chi connectivity index (χ1) is 6.13. The molecule has 0 bridgehead atoms. The molecule has 5 heteroatoms. The molecule has 0 aliphatic carbocycles. The summed E-state index contributed by atoms with van der Waals surface area (Å²) in [6.45, 7) is 1.88. The van der Waals surface area contributed by atoms with E-state index in [4.69, 9.17) is 16.7 Å². The molecule has 1 aromatic heterocycles. The maximum absolute atomic E-state index is 10.3. The van der Waals surface area contributed by atoms with Gasteiger partial charge in [0.05, 0.1) is 10.7 Å². The molecule has 0 radical (unpaired) electrons. The molecule has 1 N–H and O–H groups in total. The van der Waals surface area contributed by atoms with E-state index in [9.17, 15) is 4.79 Å². The van der Waals surface area contributed by atoms with Gasteiger partial charge in [0.15, 0.2) is 0 Å². The Morgan fingerprint density at radius 2 is 2.46 bits per heavy atom. The van der Waals surface area contributed by atoms with Gasteiger partial charge < -0.3 is 5.11 Å². The third-order valence-corrected chi connectivity index (χ3v) is 1.89. The van der Waals surface area contributed by atoms with Gasteiger partial charge in [0.25, 0.3) is 0 Å². The van der Waals surface area contributed by atoms with Crippen molar-refractivity contribution in [3.8, 4) is 0 Å². The maximum Gasteiger partial charge on any atom is 0.325 e. The first-order valence-electron chi connectivity index (χ1n) is 4.07. The van der Waals surface area contributed by atoms with Crippen molar-refractivity contribution in [1.82, 2.24) is 9.78 Å². The summed E-state index contributed by atoms with van der Waals surface area (Å²) in [5.41, 5.74) is 0.769. The van der Waals surface area contributed by atoms with Crippen molar-refractivity contribution >= 4 is 17.6 Å². The topological polar surface area (TPSA) is 55.1 Å². The van der Waals surface area contributed by atoms with Crippen LogP contribution < -0.4 is 0 Å². The molecule has 0 fully saturated rings. The van der Waals surface area contributed by atoms with E-state index in [0.717, 1.165) is 18.5 Å². The summed E-state index contributed by atoms with van der Waals surface area (Å²) in [5.74, 6) is -0.915. The molecule has 0 aliphatic heterocycles. The number of aliphatic carboxylic acids is 1. The Bertz CT molecular complexity index is 309. The molecule has 0 saturated heterocycles. The number of nitrogens with zero attached hydrogens (tertiary/aromatic N) is 2. The fourth-order valence-corrected chi connectivity index (χ4v) is 1.31. The highest BCUT2D eigenvalue weighted by Crippen LogP contribution is 2.15. The van der Waals surface area contributed by atoms with Crippen LogP contribution in [0.15, 0.2) is 6.20 Å². The van der Waals surface area contributed by atoms with Gasteiger partial charge in [-0.15, -0.1) is 0 Å². The fraction of sp³-hybridized carbons (Fsp3) is 0.500. The number of carboxylic acids is 1. The molecular weight excluding hydrogens is 192 g/mol. The van der Waals surface area contributed by atoms with Gasteiger partial charge in [-0.2, -0.15) is 5.10 Å². The van der Waals surface area contributed by atoms with Crippen LogP contribution in [0.5, 0.6) is 0 Å². The predicted octanol–water partition coefficient (Wildman–Crippen LogP) is 1.57. The number of rotatable bonds is 4. The Kier molecular flexibility index (Phi) is 3.31. The average Bonchev–Trinajstić information content (AvgIpc) is 2.31. The molecule has 13 heavy (non-hydrogen) atoms. The molecule has 72 valence electrons. The first kappa shape index (κ1) is 10.1. The predicted molar refractivity (Wildman–Crippen MR) is 48.9 cm³/mol. The van der Waals surface area contributed by atoms with Gasteiger partial charge in [-0.3, -0.25) is 9.48 Å². The van der Waals surface area contributed by atoms with Gasteiger partial charge in [0.1, 0.15) is 6.54 Å². The van der Waals surface area contributed by atoms with Crippen LogP contribution in [0.1, 0.15) is 19.0 Å². The molecule has 0 spiro atoms. The minimum Gasteiger partial charge on any atom is -0.480 e.